The van der Waals surface area contributed by atoms with Crippen molar-refractivity contribution in [1.29, 1.82) is 0 Å². The van der Waals surface area contributed by atoms with E-state index < -0.39 is 0 Å². The van der Waals surface area contributed by atoms with Gasteiger partial charge in [0.25, 0.3) is 0 Å². The Morgan fingerprint density at radius 2 is 1.96 bits per heavy atom. The molecule has 4 nitrogen and oxygen atoms in total. The second-order valence-electron chi connectivity index (χ2n) is 6.37. The number of hydrogen-bond donors (Lipinski definition) is 0. The van der Waals surface area contributed by atoms with Gasteiger partial charge in [0.15, 0.2) is 0 Å². The molecular weight excluding hydrogens is 366 g/mol. The third-order valence-corrected chi connectivity index (χ3v) is 6.02. The molecule has 0 radical (unpaired) electrons. The first-order valence-corrected chi connectivity index (χ1v) is 9.95. The molecule has 1 fully saturated rings. The van der Waals surface area contributed by atoms with Gasteiger partial charge in [0.1, 0.15) is 11.6 Å². The molecule has 2 aromatic heterocycles. The fraction of sp³-hybridized carbons (Fsp3) is 0.300. The number of aromatic nitrogens is 2. The van der Waals surface area contributed by atoms with E-state index in [9.17, 15) is 0 Å². The van der Waals surface area contributed by atoms with Gasteiger partial charge >= 0.3 is 0 Å². The van der Waals surface area contributed by atoms with E-state index >= 15 is 0 Å². The van der Waals surface area contributed by atoms with Crippen molar-refractivity contribution in [3.8, 4) is 17.0 Å². The standard InChI is InChI=1S/C20H20ClN3OS/c1-25-18-5-3-2-4-16(18)17-13-26-20(23-17)14-8-10-24(11-9-14)19-7-6-15(21)12-22-19/h2-7,12-14H,8-11H2,1H3. The quantitative estimate of drug-likeness (QED) is 0.614. The summed E-state index contributed by atoms with van der Waals surface area (Å²) in [6.07, 6.45) is 3.88. The van der Waals surface area contributed by atoms with Crippen LogP contribution in [0.15, 0.2) is 48.0 Å². The normalized spacial score (nSPS) is 15.2. The molecule has 0 bridgehead atoms. The molecule has 0 N–H and O–H groups in total. The second kappa shape index (κ2) is 7.64. The summed E-state index contributed by atoms with van der Waals surface area (Å²) in [5.41, 5.74) is 2.06. The summed E-state index contributed by atoms with van der Waals surface area (Å²) < 4.78 is 5.47. The molecule has 26 heavy (non-hydrogen) atoms. The van der Waals surface area contributed by atoms with E-state index in [-0.39, 0.29) is 0 Å². The number of pyridine rings is 1. The fourth-order valence-corrected chi connectivity index (χ4v) is 4.47. The second-order valence-corrected chi connectivity index (χ2v) is 7.69. The smallest absolute Gasteiger partial charge is 0.128 e. The highest BCUT2D eigenvalue weighted by molar-refractivity contribution is 7.10. The van der Waals surface area contributed by atoms with Gasteiger partial charge in [-0.2, -0.15) is 0 Å². The monoisotopic (exact) mass is 385 g/mol. The van der Waals surface area contributed by atoms with Crippen molar-refractivity contribution in [2.45, 2.75) is 18.8 Å². The molecule has 3 heterocycles. The highest BCUT2D eigenvalue weighted by Crippen LogP contribution is 2.36. The van der Waals surface area contributed by atoms with Crippen molar-refractivity contribution >= 4 is 28.8 Å². The van der Waals surface area contributed by atoms with Gasteiger partial charge in [-0.25, -0.2) is 9.97 Å². The molecule has 6 heteroatoms. The lowest BCUT2D eigenvalue weighted by molar-refractivity contribution is 0.416. The number of anilines is 1. The Morgan fingerprint density at radius 3 is 2.69 bits per heavy atom. The van der Waals surface area contributed by atoms with E-state index in [0.717, 1.165) is 48.8 Å². The lowest BCUT2D eigenvalue weighted by Gasteiger charge is -2.31. The van der Waals surface area contributed by atoms with Gasteiger partial charge < -0.3 is 9.64 Å². The van der Waals surface area contributed by atoms with Gasteiger partial charge in [0.05, 0.1) is 22.8 Å². The van der Waals surface area contributed by atoms with E-state index in [1.54, 1.807) is 24.6 Å². The molecule has 1 saturated heterocycles. The van der Waals surface area contributed by atoms with Crippen molar-refractivity contribution in [2.75, 3.05) is 25.1 Å². The lowest BCUT2D eigenvalue weighted by atomic mass is 9.97. The van der Waals surface area contributed by atoms with Gasteiger partial charge in [-0.05, 0) is 37.1 Å². The number of benzene rings is 1. The van der Waals surface area contributed by atoms with Crippen LogP contribution in [0.5, 0.6) is 5.75 Å². The predicted molar refractivity (Wildman–Crippen MR) is 108 cm³/mol. The Labute approximate surface area is 162 Å². The minimum absolute atomic E-state index is 0.506. The number of thiazole rings is 1. The van der Waals surface area contributed by atoms with Crippen molar-refractivity contribution in [3.05, 3.63) is 58.0 Å². The fourth-order valence-electron chi connectivity index (χ4n) is 3.37. The Bertz CT molecular complexity index is 873. The summed E-state index contributed by atoms with van der Waals surface area (Å²) in [6, 6.07) is 11.9. The van der Waals surface area contributed by atoms with Crippen molar-refractivity contribution in [1.82, 2.24) is 9.97 Å². The van der Waals surface area contributed by atoms with Crippen LogP contribution in [0.1, 0.15) is 23.8 Å². The zero-order chi connectivity index (χ0) is 17.9. The van der Waals surface area contributed by atoms with Crippen LogP contribution in [-0.4, -0.2) is 30.2 Å². The molecule has 1 aliphatic heterocycles. The van der Waals surface area contributed by atoms with Crippen molar-refractivity contribution < 1.29 is 4.74 Å². The van der Waals surface area contributed by atoms with Crippen LogP contribution in [0.3, 0.4) is 0 Å². The van der Waals surface area contributed by atoms with E-state index in [1.807, 2.05) is 30.3 Å². The van der Waals surface area contributed by atoms with Crippen LogP contribution < -0.4 is 9.64 Å². The van der Waals surface area contributed by atoms with Gasteiger partial charge in [0.2, 0.25) is 0 Å². The number of methoxy groups -OCH3 is 1. The number of nitrogens with zero attached hydrogens (tertiary/aromatic N) is 3. The Hall–Kier alpha value is -2.11. The van der Waals surface area contributed by atoms with Crippen LogP contribution in [0.2, 0.25) is 5.02 Å². The van der Waals surface area contributed by atoms with Crippen LogP contribution in [0.25, 0.3) is 11.3 Å². The molecule has 0 spiro atoms. The summed E-state index contributed by atoms with van der Waals surface area (Å²) in [5, 5.41) is 4.03. The lowest BCUT2D eigenvalue weighted by Crippen LogP contribution is -2.33. The van der Waals surface area contributed by atoms with Crippen molar-refractivity contribution in [2.24, 2.45) is 0 Å². The molecule has 0 amide bonds. The molecule has 0 unspecified atom stereocenters. The Kier molecular flexibility index (Phi) is 5.09. The minimum atomic E-state index is 0.506. The van der Waals surface area contributed by atoms with Gasteiger partial charge in [0, 0.05) is 36.1 Å². The number of piperidine rings is 1. The molecule has 1 aliphatic rings. The molecule has 1 aromatic carbocycles. The minimum Gasteiger partial charge on any atom is -0.496 e. The SMILES string of the molecule is COc1ccccc1-c1csc(C2CCN(c3ccc(Cl)cn3)CC2)n1. The Balaban J connectivity index is 1.45. The zero-order valence-corrected chi connectivity index (χ0v) is 16.1. The van der Waals surface area contributed by atoms with Gasteiger partial charge in [-0.3, -0.25) is 0 Å². The van der Waals surface area contributed by atoms with E-state index in [1.165, 1.54) is 5.01 Å². The topological polar surface area (TPSA) is 38.2 Å². The predicted octanol–water partition coefficient (Wildman–Crippen LogP) is 5.25. The maximum atomic E-state index is 5.93. The van der Waals surface area contributed by atoms with Crippen molar-refractivity contribution in [3.63, 3.8) is 0 Å². The van der Waals surface area contributed by atoms with Crippen LogP contribution >= 0.6 is 22.9 Å². The molecule has 0 atom stereocenters. The molecule has 0 aliphatic carbocycles. The Morgan fingerprint density at radius 1 is 1.15 bits per heavy atom. The average molecular weight is 386 g/mol. The average Bonchev–Trinajstić information content (AvgIpc) is 3.19. The number of hydrogen-bond acceptors (Lipinski definition) is 5. The largest absolute Gasteiger partial charge is 0.496 e. The first-order valence-electron chi connectivity index (χ1n) is 8.70. The maximum Gasteiger partial charge on any atom is 0.128 e. The highest BCUT2D eigenvalue weighted by Gasteiger charge is 2.24. The van der Waals surface area contributed by atoms with Crippen LogP contribution in [0, 0.1) is 0 Å². The molecule has 3 aromatic rings. The summed E-state index contributed by atoms with van der Waals surface area (Å²) in [6.45, 7) is 1.98. The number of para-hydroxylation sites is 1. The molecular formula is C20H20ClN3OS. The van der Waals surface area contributed by atoms with E-state index in [2.05, 4.69) is 21.3 Å². The summed E-state index contributed by atoms with van der Waals surface area (Å²) in [7, 11) is 1.70. The van der Waals surface area contributed by atoms with Gasteiger partial charge in [-0.1, -0.05) is 23.7 Å². The summed E-state index contributed by atoms with van der Waals surface area (Å²) in [4.78, 5) is 11.7. The number of ether oxygens (including phenoxy) is 1. The van der Waals surface area contributed by atoms with Crippen LogP contribution in [-0.2, 0) is 0 Å². The molecule has 4 rings (SSSR count). The molecule has 0 saturated carbocycles. The summed E-state index contributed by atoms with van der Waals surface area (Å²) in [5.74, 6) is 2.38. The third-order valence-electron chi connectivity index (χ3n) is 4.78. The first kappa shape index (κ1) is 17.3. The van der Waals surface area contributed by atoms with E-state index in [0.29, 0.717) is 10.9 Å². The van der Waals surface area contributed by atoms with E-state index in [4.69, 9.17) is 21.3 Å². The zero-order valence-electron chi connectivity index (χ0n) is 14.6. The number of halogens is 1. The van der Waals surface area contributed by atoms with Gasteiger partial charge in [-0.15, -0.1) is 11.3 Å². The number of rotatable bonds is 4. The van der Waals surface area contributed by atoms with Crippen LogP contribution in [0.4, 0.5) is 5.82 Å². The first-order chi connectivity index (χ1) is 12.7. The maximum absolute atomic E-state index is 5.93. The third kappa shape index (κ3) is 3.55. The highest BCUT2D eigenvalue weighted by atomic mass is 35.5. The molecule has 134 valence electrons. The summed E-state index contributed by atoms with van der Waals surface area (Å²) >= 11 is 7.68.